The number of benzene rings is 2. The normalized spacial score (nSPS) is 12.5. The number of hydrogen-bond acceptors (Lipinski definition) is 2. The quantitative estimate of drug-likeness (QED) is 0.284. The summed E-state index contributed by atoms with van der Waals surface area (Å²) in [6.45, 7) is 2.25. The highest BCUT2D eigenvalue weighted by Gasteiger charge is 2.27. The number of halogens is 2. The van der Waals surface area contributed by atoms with Crippen molar-refractivity contribution in [2.75, 3.05) is 0 Å². The van der Waals surface area contributed by atoms with Crippen LogP contribution in [0.4, 0.5) is 0 Å². The van der Waals surface area contributed by atoms with Crippen molar-refractivity contribution in [3.8, 4) is 23.3 Å². The first-order valence-electron chi connectivity index (χ1n) is 10.9. The van der Waals surface area contributed by atoms with E-state index in [-0.39, 0.29) is 10.6 Å². The first-order chi connectivity index (χ1) is 15.1. The average Bonchev–Trinajstić information content (AvgIpc) is 3.05. The highest BCUT2D eigenvalue weighted by molar-refractivity contribution is 6.59. The van der Waals surface area contributed by atoms with Crippen LogP contribution >= 0.6 is 23.2 Å². The molecule has 0 aliphatic heterocycles. The van der Waals surface area contributed by atoms with Crippen molar-refractivity contribution in [2.24, 2.45) is 0 Å². The number of rotatable bonds is 9. The van der Waals surface area contributed by atoms with E-state index in [0.717, 1.165) is 28.7 Å². The van der Waals surface area contributed by atoms with Gasteiger partial charge in [-0.1, -0.05) is 105 Å². The predicted octanol–water partition coefficient (Wildman–Crippen LogP) is 8.61. The van der Waals surface area contributed by atoms with E-state index in [2.05, 4.69) is 31.2 Å². The topological polar surface area (TPSA) is 47.6 Å². The second kappa shape index (κ2) is 11.2. The molecular formula is C27H26Cl2N2. The molecule has 4 heteroatoms. The number of fused-ring (bicyclic) bond motifs is 1. The summed E-state index contributed by atoms with van der Waals surface area (Å²) in [4.78, 5) is 0. The molecule has 0 spiro atoms. The van der Waals surface area contributed by atoms with Gasteiger partial charge in [-0.15, -0.1) is 0 Å². The van der Waals surface area contributed by atoms with Gasteiger partial charge in [0.15, 0.2) is 0 Å². The molecule has 2 aromatic rings. The summed E-state index contributed by atoms with van der Waals surface area (Å²) in [6, 6.07) is 18.3. The molecule has 0 bridgehead atoms. The molecule has 0 saturated carbocycles. The largest absolute Gasteiger partial charge is 0.192 e. The maximum Gasteiger partial charge on any atom is 0.139 e. The van der Waals surface area contributed by atoms with E-state index in [1.54, 1.807) is 0 Å². The maximum absolute atomic E-state index is 9.25. The Kier molecular flexibility index (Phi) is 8.36. The summed E-state index contributed by atoms with van der Waals surface area (Å²) in [7, 11) is 0. The van der Waals surface area contributed by atoms with Crippen molar-refractivity contribution in [3.63, 3.8) is 0 Å². The molecule has 2 aromatic carbocycles. The SMILES string of the molecule is CCCCCCCCCc1ccc(-c2ccc3c(c2)C(Cl)=C(Cl)C3=C(C#N)C#N)cc1. The zero-order chi connectivity index (χ0) is 22.2. The number of aryl methyl sites for hydroxylation is 1. The number of nitrogens with zero attached hydrogens (tertiary/aromatic N) is 2. The van der Waals surface area contributed by atoms with Crippen LogP contribution in [0.3, 0.4) is 0 Å². The lowest BCUT2D eigenvalue weighted by Gasteiger charge is -2.08. The van der Waals surface area contributed by atoms with Crippen LogP contribution in [0.2, 0.25) is 0 Å². The molecule has 0 saturated heterocycles. The van der Waals surface area contributed by atoms with Crippen molar-refractivity contribution >= 4 is 33.8 Å². The molecule has 0 atom stereocenters. The smallest absolute Gasteiger partial charge is 0.139 e. The van der Waals surface area contributed by atoms with Gasteiger partial charge in [0.05, 0.1) is 10.1 Å². The fraction of sp³-hybridized carbons (Fsp3) is 0.333. The second-order valence-electron chi connectivity index (χ2n) is 7.93. The molecule has 3 rings (SSSR count). The van der Waals surface area contributed by atoms with Gasteiger partial charge >= 0.3 is 0 Å². The van der Waals surface area contributed by atoms with Gasteiger partial charge < -0.3 is 0 Å². The van der Waals surface area contributed by atoms with E-state index in [1.807, 2.05) is 30.3 Å². The Morgan fingerprint density at radius 1 is 0.742 bits per heavy atom. The number of hydrogen-bond donors (Lipinski definition) is 0. The molecule has 0 aromatic heterocycles. The Hall–Kier alpha value is -2.52. The molecule has 0 radical (unpaired) electrons. The molecular weight excluding hydrogens is 423 g/mol. The van der Waals surface area contributed by atoms with Crippen molar-refractivity contribution in [2.45, 2.75) is 58.3 Å². The minimum atomic E-state index is -0.0237. The van der Waals surface area contributed by atoms with Crippen LogP contribution in [-0.2, 0) is 6.42 Å². The van der Waals surface area contributed by atoms with E-state index in [4.69, 9.17) is 23.2 Å². The highest BCUT2D eigenvalue weighted by atomic mass is 35.5. The van der Waals surface area contributed by atoms with Gasteiger partial charge in [0, 0.05) is 11.1 Å². The predicted molar refractivity (Wildman–Crippen MR) is 130 cm³/mol. The summed E-state index contributed by atoms with van der Waals surface area (Å²) >= 11 is 12.8. The summed E-state index contributed by atoms with van der Waals surface area (Å²) in [5.74, 6) is 0. The van der Waals surface area contributed by atoms with Crippen LogP contribution in [0.15, 0.2) is 53.1 Å². The summed E-state index contributed by atoms with van der Waals surface area (Å²) < 4.78 is 0. The van der Waals surface area contributed by atoms with Crippen molar-refractivity contribution < 1.29 is 0 Å². The zero-order valence-electron chi connectivity index (χ0n) is 17.8. The minimum absolute atomic E-state index is 0.0237. The fourth-order valence-electron chi connectivity index (χ4n) is 4.00. The Morgan fingerprint density at radius 2 is 1.35 bits per heavy atom. The lowest BCUT2D eigenvalue weighted by molar-refractivity contribution is 0.589. The molecule has 158 valence electrons. The average molecular weight is 449 g/mol. The number of nitriles is 2. The zero-order valence-corrected chi connectivity index (χ0v) is 19.4. The molecule has 1 aliphatic rings. The third-order valence-corrected chi connectivity index (χ3v) is 6.63. The van der Waals surface area contributed by atoms with Gasteiger partial charge in [0.25, 0.3) is 0 Å². The summed E-state index contributed by atoms with van der Waals surface area (Å²) in [6.07, 6.45) is 10.3. The molecule has 0 unspecified atom stereocenters. The van der Waals surface area contributed by atoms with Crippen LogP contribution in [0.1, 0.15) is 68.6 Å². The lowest BCUT2D eigenvalue weighted by atomic mass is 9.96. The Bertz CT molecular complexity index is 1060. The van der Waals surface area contributed by atoms with Gasteiger partial charge in [0.2, 0.25) is 0 Å². The molecule has 0 N–H and O–H groups in total. The third kappa shape index (κ3) is 5.40. The monoisotopic (exact) mass is 448 g/mol. The van der Waals surface area contributed by atoms with Crippen LogP contribution in [0.5, 0.6) is 0 Å². The van der Waals surface area contributed by atoms with E-state index in [0.29, 0.717) is 10.6 Å². The lowest BCUT2D eigenvalue weighted by Crippen LogP contribution is -1.89. The molecule has 2 nitrogen and oxygen atoms in total. The number of unbranched alkanes of at least 4 members (excludes halogenated alkanes) is 6. The molecule has 31 heavy (non-hydrogen) atoms. The highest BCUT2D eigenvalue weighted by Crippen LogP contribution is 2.47. The van der Waals surface area contributed by atoms with E-state index in [1.165, 1.54) is 50.5 Å². The molecule has 0 heterocycles. The van der Waals surface area contributed by atoms with Gasteiger partial charge in [-0.25, -0.2) is 0 Å². The van der Waals surface area contributed by atoms with Crippen LogP contribution in [0, 0.1) is 22.7 Å². The Balaban J connectivity index is 1.70. The standard InChI is InChI=1S/C27H26Cl2N2/c1-2-3-4-5-6-7-8-9-19-10-12-20(13-11-19)21-14-15-23-24(16-21)26(28)27(29)25(23)22(17-30)18-31/h10-16H,2-9H2,1H3. The van der Waals surface area contributed by atoms with Crippen molar-refractivity contribution in [1.29, 1.82) is 10.5 Å². The Labute approximate surface area is 195 Å². The van der Waals surface area contributed by atoms with E-state index >= 15 is 0 Å². The van der Waals surface area contributed by atoms with Crippen LogP contribution in [-0.4, -0.2) is 0 Å². The van der Waals surface area contributed by atoms with Crippen molar-refractivity contribution in [3.05, 3.63) is 69.8 Å². The van der Waals surface area contributed by atoms with Gasteiger partial charge in [-0.05, 0) is 41.2 Å². The minimum Gasteiger partial charge on any atom is -0.192 e. The first-order valence-corrected chi connectivity index (χ1v) is 11.7. The first kappa shape index (κ1) is 23.1. The van der Waals surface area contributed by atoms with E-state index < -0.39 is 0 Å². The van der Waals surface area contributed by atoms with Crippen LogP contribution < -0.4 is 0 Å². The molecule has 0 fully saturated rings. The third-order valence-electron chi connectivity index (χ3n) is 5.77. The van der Waals surface area contributed by atoms with E-state index in [9.17, 15) is 10.5 Å². The van der Waals surface area contributed by atoms with Gasteiger partial charge in [-0.2, -0.15) is 10.5 Å². The second-order valence-corrected chi connectivity index (χ2v) is 8.69. The van der Waals surface area contributed by atoms with Gasteiger partial charge in [0.1, 0.15) is 17.7 Å². The maximum atomic E-state index is 9.25. The molecule has 0 amide bonds. The Morgan fingerprint density at radius 3 is 2.00 bits per heavy atom. The van der Waals surface area contributed by atoms with Crippen molar-refractivity contribution in [1.82, 2.24) is 0 Å². The molecule has 1 aliphatic carbocycles. The summed E-state index contributed by atoms with van der Waals surface area (Å²) in [5.41, 5.74) is 5.37. The fourth-order valence-corrected chi connectivity index (χ4v) is 4.55. The van der Waals surface area contributed by atoms with Crippen LogP contribution in [0.25, 0.3) is 21.7 Å². The summed E-state index contributed by atoms with van der Waals surface area (Å²) in [5, 5.41) is 19.1. The van der Waals surface area contributed by atoms with Gasteiger partial charge in [-0.3, -0.25) is 0 Å². The number of allylic oxidation sites excluding steroid dienone is 3.